The Morgan fingerprint density at radius 2 is 2.12 bits per heavy atom. The average molecular weight is 358 g/mol. The molecule has 1 aromatic carbocycles. The van der Waals surface area contributed by atoms with E-state index in [0.717, 1.165) is 12.1 Å². The highest BCUT2D eigenvalue weighted by atomic mass is 35.5. The van der Waals surface area contributed by atoms with Crippen LogP contribution in [0.1, 0.15) is 28.5 Å². The number of amides is 1. The first-order chi connectivity index (χ1) is 12.1. The number of halogens is 1. The zero-order chi connectivity index (χ0) is 17.8. The van der Waals surface area contributed by atoms with Gasteiger partial charge >= 0.3 is 0 Å². The minimum atomic E-state index is -0.0653. The van der Waals surface area contributed by atoms with E-state index in [1.165, 1.54) is 0 Å². The second-order valence-electron chi connectivity index (χ2n) is 5.84. The third-order valence-electron chi connectivity index (χ3n) is 3.92. The van der Waals surface area contributed by atoms with Gasteiger partial charge in [0.1, 0.15) is 5.69 Å². The van der Waals surface area contributed by atoms with Crippen LogP contribution in [0.5, 0.6) is 0 Å². The van der Waals surface area contributed by atoms with Crippen molar-refractivity contribution in [3.05, 3.63) is 70.8 Å². The van der Waals surface area contributed by atoms with E-state index in [1.54, 1.807) is 29.0 Å². The third-order valence-corrected chi connectivity index (χ3v) is 4.24. The fraction of sp³-hybridized carbons (Fsp3) is 0.278. The predicted octanol–water partition coefficient (Wildman–Crippen LogP) is 3.07. The molecule has 0 bridgehead atoms. The molecule has 7 heteroatoms. The van der Waals surface area contributed by atoms with Crippen LogP contribution in [0.4, 0.5) is 0 Å². The summed E-state index contributed by atoms with van der Waals surface area (Å²) in [6.45, 7) is 3.73. The fourth-order valence-corrected chi connectivity index (χ4v) is 2.82. The molecule has 130 valence electrons. The Bertz CT molecular complexity index is 856. The van der Waals surface area contributed by atoms with Gasteiger partial charge in [-0.25, -0.2) is 0 Å². The van der Waals surface area contributed by atoms with E-state index in [9.17, 15) is 4.79 Å². The number of hydrogen-bond acceptors (Lipinski definition) is 3. The van der Waals surface area contributed by atoms with Crippen LogP contribution in [-0.4, -0.2) is 37.4 Å². The molecule has 0 spiro atoms. The molecule has 2 aromatic heterocycles. The lowest BCUT2D eigenvalue weighted by atomic mass is 10.1. The van der Waals surface area contributed by atoms with E-state index in [-0.39, 0.29) is 5.91 Å². The lowest BCUT2D eigenvalue weighted by Gasteiger charge is -2.16. The monoisotopic (exact) mass is 357 g/mol. The second-order valence-corrected chi connectivity index (χ2v) is 6.25. The molecule has 0 N–H and O–H groups in total. The van der Waals surface area contributed by atoms with Crippen molar-refractivity contribution in [3.63, 3.8) is 0 Å². The van der Waals surface area contributed by atoms with Gasteiger partial charge in [-0.05, 0) is 30.7 Å². The van der Waals surface area contributed by atoms with E-state index in [0.29, 0.717) is 29.4 Å². The molecule has 0 saturated heterocycles. The van der Waals surface area contributed by atoms with E-state index >= 15 is 0 Å². The standard InChI is InChI=1S/C18H20ClN5O/c1-3-23-12-16(19)17(21-23)13-22(2)18(25)15-7-4-6-14(10-15)11-24-9-5-8-20-24/h4-10,12H,3,11,13H2,1-2H3. The lowest BCUT2D eigenvalue weighted by molar-refractivity contribution is 0.0783. The molecule has 3 rings (SSSR count). The van der Waals surface area contributed by atoms with Crippen molar-refractivity contribution < 1.29 is 4.79 Å². The van der Waals surface area contributed by atoms with Gasteiger partial charge in [0.25, 0.3) is 5.91 Å². The molecule has 0 atom stereocenters. The molecule has 0 saturated carbocycles. The molecule has 0 aliphatic carbocycles. The highest BCUT2D eigenvalue weighted by Gasteiger charge is 2.16. The van der Waals surface area contributed by atoms with Crippen LogP contribution < -0.4 is 0 Å². The van der Waals surface area contributed by atoms with Crippen molar-refractivity contribution in [1.82, 2.24) is 24.5 Å². The molecule has 25 heavy (non-hydrogen) atoms. The first kappa shape index (κ1) is 17.2. The van der Waals surface area contributed by atoms with Crippen LogP contribution in [0, 0.1) is 0 Å². The molecule has 0 aliphatic heterocycles. The molecular formula is C18H20ClN5O. The summed E-state index contributed by atoms with van der Waals surface area (Å²) < 4.78 is 3.59. The van der Waals surface area contributed by atoms with Gasteiger partial charge in [0, 0.05) is 37.7 Å². The molecule has 0 radical (unpaired) electrons. The maximum Gasteiger partial charge on any atom is 0.253 e. The first-order valence-electron chi connectivity index (χ1n) is 8.10. The summed E-state index contributed by atoms with van der Waals surface area (Å²) in [6.07, 6.45) is 5.41. The number of rotatable bonds is 6. The van der Waals surface area contributed by atoms with E-state index in [4.69, 9.17) is 11.6 Å². The van der Waals surface area contributed by atoms with Gasteiger partial charge in [-0.1, -0.05) is 23.7 Å². The second kappa shape index (κ2) is 7.53. The third kappa shape index (κ3) is 4.09. The molecule has 0 fully saturated rings. The number of carbonyl (C=O) groups is 1. The van der Waals surface area contributed by atoms with Gasteiger partial charge in [-0.15, -0.1) is 0 Å². The summed E-state index contributed by atoms with van der Waals surface area (Å²) >= 11 is 6.19. The lowest BCUT2D eigenvalue weighted by Crippen LogP contribution is -2.26. The van der Waals surface area contributed by atoms with Gasteiger partial charge < -0.3 is 4.90 Å². The normalized spacial score (nSPS) is 10.8. The highest BCUT2D eigenvalue weighted by molar-refractivity contribution is 6.31. The van der Waals surface area contributed by atoms with Gasteiger partial charge in [0.2, 0.25) is 0 Å². The molecule has 0 unspecified atom stereocenters. The van der Waals surface area contributed by atoms with Crippen molar-refractivity contribution in [2.75, 3.05) is 7.05 Å². The van der Waals surface area contributed by atoms with Gasteiger partial charge in [-0.2, -0.15) is 10.2 Å². The van der Waals surface area contributed by atoms with Crippen molar-refractivity contribution >= 4 is 17.5 Å². The van der Waals surface area contributed by atoms with Crippen molar-refractivity contribution in [2.45, 2.75) is 26.6 Å². The minimum absolute atomic E-state index is 0.0653. The van der Waals surface area contributed by atoms with Crippen LogP contribution in [0.2, 0.25) is 5.02 Å². The summed E-state index contributed by atoms with van der Waals surface area (Å²) in [4.78, 5) is 14.3. The van der Waals surface area contributed by atoms with E-state index in [2.05, 4.69) is 10.2 Å². The van der Waals surface area contributed by atoms with Crippen LogP contribution in [0.25, 0.3) is 0 Å². The summed E-state index contributed by atoms with van der Waals surface area (Å²) in [7, 11) is 1.75. The zero-order valence-electron chi connectivity index (χ0n) is 14.3. The number of aromatic nitrogens is 4. The van der Waals surface area contributed by atoms with Gasteiger partial charge in [-0.3, -0.25) is 14.2 Å². The van der Waals surface area contributed by atoms with Crippen LogP contribution in [0.3, 0.4) is 0 Å². The van der Waals surface area contributed by atoms with E-state index in [1.807, 2.05) is 48.1 Å². The maximum absolute atomic E-state index is 12.7. The summed E-state index contributed by atoms with van der Waals surface area (Å²) in [5.74, 6) is -0.0653. The highest BCUT2D eigenvalue weighted by Crippen LogP contribution is 2.17. The largest absolute Gasteiger partial charge is 0.336 e. The Labute approximate surface area is 151 Å². The maximum atomic E-state index is 12.7. The van der Waals surface area contributed by atoms with Crippen LogP contribution in [-0.2, 0) is 19.6 Å². The summed E-state index contributed by atoms with van der Waals surface area (Å²) in [5, 5.41) is 9.16. The SMILES string of the molecule is CCn1cc(Cl)c(CN(C)C(=O)c2cccc(Cn3cccn3)c2)n1. The Morgan fingerprint density at radius 3 is 2.80 bits per heavy atom. The van der Waals surface area contributed by atoms with Gasteiger partial charge in [0.15, 0.2) is 0 Å². The molecule has 1 amide bonds. The predicted molar refractivity (Wildman–Crippen MR) is 96.5 cm³/mol. The zero-order valence-corrected chi connectivity index (χ0v) is 15.0. The summed E-state index contributed by atoms with van der Waals surface area (Å²) in [5.41, 5.74) is 2.36. The number of nitrogens with zero attached hydrogens (tertiary/aromatic N) is 5. The first-order valence-corrected chi connectivity index (χ1v) is 8.48. The Morgan fingerprint density at radius 1 is 1.28 bits per heavy atom. The average Bonchev–Trinajstić information content (AvgIpc) is 3.24. The van der Waals surface area contributed by atoms with Crippen molar-refractivity contribution in [3.8, 4) is 0 Å². The number of benzene rings is 1. The van der Waals surface area contributed by atoms with Crippen LogP contribution in [0.15, 0.2) is 48.9 Å². The molecule has 0 aliphatic rings. The molecule has 6 nitrogen and oxygen atoms in total. The van der Waals surface area contributed by atoms with Crippen LogP contribution >= 0.6 is 11.6 Å². The van der Waals surface area contributed by atoms with E-state index < -0.39 is 0 Å². The minimum Gasteiger partial charge on any atom is -0.336 e. The quantitative estimate of drug-likeness (QED) is 0.681. The Hall–Kier alpha value is -2.60. The number of carbonyl (C=O) groups excluding carboxylic acids is 1. The topological polar surface area (TPSA) is 56.0 Å². The molecule has 3 aromatic rings. The summed E-state index contributed by atoms with van der Waals surface area (Å²) in [6, 6.07) is 9.46. The number of aryl methyl sites for hydroxylation is 1. The Balaban J connectivity index is 1.72. The number of hydrogen-bond donors (Lipinski definition) is 0. The fourth-order valence-electron chi connectivity index (χ4n) is 2.61. The molecular weight excluding hydrogens is 338 g/mol. The smallest absolute Gasteiger partial charge is 0.253 e. The van der Waals surface area contributed by atoms with Crippen molar-refractivity contribution in [2.24, 2.45) is 0 Å². The Kier molecular flexibility index (Phi) is 5.19. The van der Waals surface area contributed by atoms with Crippen molar-refractivity contribution in [1.29, 1.82) is 0 Å². The molecule has 2 heterocycles. The van der Waals surface area contributed by atoms with Gasteiger partial charge in [0.05, 0.1) is 18.1 Å².